The molecule has 10 aromatic rings. The van der Waals surface area contributed by atoms with E-state index in [0.29, 0.717) is 0 Å². The molecule has 0 fully saturated rings. The molecule has 262 valence electrons. The normalized spacial score (nSPS) is 12.0. The molecule has 0 bridgehead atoms. The minimum Gasteiger partial charge on any atom is -0.302 e. The van der Waals surface area contributed by atoms with Gasteiger partial charge in [0.2, 0.25) is 0 Å². The van der Waals surface area contributed by atoms with Gasteiger partial charge in [0.1, 0.15) is 5.00 Å². The number of ketones is 1. The van der Waals surface area contributed by atoms with Crippen LogP contribution in [0.3, 0.4) is 0 Å². The molecule has 0 radical (unpaired) electrons. The van der Waals surface area contributed by atoms with Crippen LogP contribution in [-0.2, 0) is 0 Å². The second-order valence-corrected chi connectivity index (χ2v) is 16.5. The summed E-state index contributed by atoms with van der Waals surface area (Å²) in [6, 6.07) is 60.8. The van der Waals surface area contributed by atoms with E-state index in [0.717, 1.165) is 55.2 Å². The van der Waals surface area contributed by atoms with Crippen LogP contribution in [0.2, 0.25) is 0 Å². The molecule has 4 heteroatoms. The summed E-state index contributed by atoms with van der Waals surface area (Å²) in [5.41, 5.74) is 6.96. The molecule has 55 heavy (non-hydrogen) atoms. The highest BCUT2D eigenvalue weighted by atomic mass is 32.1. The first kappa shape index (κ1) is 33.3. The molecule has 0 spiro atoms. The lowest BCUT2D eigenvalue weighted by Gasteiger charge is -2.24. The molecule has 0 unspecified atom stereocenters. The Hall–Kier alpha value is -6.33. The largest absolute Gasteiger partial charge is 0.302 e. The summed E-state index contributed by atoms with van der Waals surface area (Å²) in [5.74, 6) is 0.0597. The first-order valence-corrected chi connectivity index (χ1v) is 20.1. The summed E-state index contributed by atoms with van der Waals surface area (Å²) in [6.45, 7) is 3.94. The van der Waals surface area contributed by atoms with Gasteiger partial charge in [-0.15, -0.1) is 22.7 Å². The van der Waals surface area contributed by atoms with Crippen molar-refractivity contribution in [2.24, 2.45) is 0 Å². The van der Waals surface area contributed by atoms with Crippen LogP contribution in [0.4, 0.5) is 16.4 Å². The molecule has 0 saturated heterocycles. The van der Waals surface area contributed by atoms with E-state index in [1.54, 1.807) is 0 Å². The first-order chi connectivity index (χ1) is 26.9. The van der Waals surface area contributed by atoms with Gasteiger partial charge in [-0.05, 0) is 146 Å². The van der Waals surface area contributed by atoms with E-state index < -0.39 is 0 Å². The van der Waals surface area contributed by atoms with Crippen LogP contribution in [0.5, 0.6) is 0 Å². The van der Waals surface area contributed by atoms with Gasteiger partial charge in [-0.2, -0.15) is 0 Å². The molecule has 2 aromatic heterocycles. The average Bonchev–Trinajstić information content (AvgIpc) is 3.80. The summed E-state index contributed by atoms with van der Waals surface area (Å²) in [6.07, 6.45) is 2.01. The summed E-state index contributed by atoms with van der Waals surface area (Å²) < 4.78 is 2.58. The van der Waals surface area contributed by atoms with E-state index in [4.69, 9.17) is 0 Å². The highest BCUT2D eigenvalue weighted by Crippen LogP contribution is 2.47. The molecule has 2 heterocycles. The number of carbonyl (C=O) groups excluding carboxylic acids is 1. The number of hydrogen-bond acceptors (Lipinski definition) is 4. The van der Waals surface area contributed by atoms with Crippen LogP contribution in [0, 0.1) is 6.92 Å². The predicted molar refractivity (Wildman–Crippen MR) is 239 cm³/mol. The SMILES string of the molecule is CC(=Cc1ccc2cc(N(c3ccc4cc5ccccc5cc4c3)c3cc4sc(-c5ccccc5)cc4s3)ccc2c1)C(=O)c1cc2ccccc2cc1C. The van der Waals surface area contributed by atoms with Crippen molar-refractivity contribution in [1.29, 1.82) is 0 Å². The molecule has 0 aliphatic carbocycles. The number of thiophene rings is 2. The Balaban J connectivity index is 1.03. The van der Waals surface area contributed by atoms with Crippen LogP contribution in [0.25, 0.3) is 69.0 Å². The fourth-order valence-corrected chi connectivity index (χ4v) is 10.2. The number of nitrogens with zero attached hydrogens (tertiary/aromatic N) is 1. The van der Waals surface area contributed by atoms with Crippen LogP contribution in [0.1, 0.15) is 28.4 Å². The number of allylic oxidation sites excluding steroid dienone is 1. The van der Waals surface area contributed by atoms with Gasteiger partial charge in [0.15, 0.2) is 5.78 Å². The maximum atomic E-state index is 13.7. The van der Waals surface area contributed by atoms with E-state index in [1.807, 2.05) is 60.8 Å². The zero-order valence-electron chi connectivity index (χ0n) is 30.4. The molecule has 0 aliphatic rings. The topological polar surface area (TPSA) is 20.3 Å². The van der Waals surface area contributed by atoms with E-state index in [-0.39, 0.29) is 5.78 Å². The Morgan fingerprint density at radius 1 is 0.509 bits per heavy atom. The van der Waals surface area contributed by atoms with Crippen LogP contribution >= 0.6 is 22.7 Å². The average molecular weight is 742 g/mol. The third-order valence-electron chi connectivity index (χ3n) is 10.6. The first-order valence-electron chi connectivity index (χ1n) is 18.5. The van der Waals surface area contributed by atoms with Crippen molar-refractivity contribution in [3.8, 4) is 10.4 Å². The second kappa shape index (κ2) is 13.5. The van der Waals surface area contributed by atoms with E-state index >= 15 is 0 Å². The number of fused-ring (bicyclic) bond motifs is 5. The van der Waals surface area contributed by atoms with Crippen molar-refractivity contribution >= 4 is 103 Å². The maximum absolute atomic E-state index is 13.7. The number of benzene rings is 8. The van der Waals surface area contributed by atoms with Crippen molar-refractivity contribution in [3.05, 3.63) is 192 Å². The molecule has 0 saturated carbocycles. The van der Waals surface area contributed by atoms with Gasteiger partial charge < -0.3 is 4.90 Å². The quantitative estimate of drug-likeness (QED) is 0.0921. The fraction of sp³-hybridized carbons (Fsp3) is 0.0392. The molecular weight excluding hydrogens is 707 g/mol. The zero-order valence-corrected chi connectivity index (χ0v) is 32.0. The van der Waals surface area contributed by atoms with Crippen molar-refractivity contribution in [1.82, 2.24) is 0 Å². The highest BCUT2D eigenvalue weighted by molar-refractivity contribution is 7.31. The number of anilines is 3. The van der Waals surface area contributed by atoms with Gasteiger partial charge in [-0.25, -0.2) is 0 Å². The monoisotopic (exact) mass is 741 g/mol. The van der Waals surface area contributed by atoms with Crippen molar-refractivity contribution in [2.45, 2.75) is 13.8 Å². The number of Topliss-reactive ketones (excluding diaryl/α,β-unsaturated/α-hetero) is 1. The lowest BCUT2D eigenvalue weighted by atomic mass is 9.95. The van der Waals surface area contributed by atoms with Crippen LogP contribution in [0.15, 0.2) is 175 Å². The third kappa shape index (κ3) is 6.20. The number of carbonyl (C=O) groups is 1. The Bertz CT molecular complexity index is 3120. The Labute approximate surface area is 327 Å². The Morgan fingerprint density at radius 2 is 1.05 bits per heavy atom. The van der Waals surface area contributed by atoms with Gasteiger partial charge in [-0.3, -0.25) is 4.79 Å². The van der Waals surface area contributed by atoms with Gasteiger partial charge in [0.05, 0.1) is 0 Å². The Kier molecular flexibility index (Phi) is 8.17. The van der Waals surface area contributed by atoms with E-state index in [1.165, 1.54) is 46.4 Å². The number of aryl methyl sites for hydroxylation is 1. The summed E-state index contributed by atoms with van der Waals surface area (Å²) in [5, 5.41) is 10.6. The summed E-state index contributed by atoms with van der Waals surface area (Å²) >= 11 is 3.68. The molecule has 0 aliphatic heterocycles. The minimum absolute atomic E-state index is 0.0597. The van der Waals surface area contributed by atoms with Gasteiger partial charge >= 0.3 is 0 Å². The maximum Gasteiger partial charge on any atom is 0.189 e. The molecule has 0 atom stereocenters. The number of rotatable bonds is 7. The zero-order chi connectivity index (χ0) is 37.0. The molecule has 0 amide bonds. The molecule has 8 aromatic carbocycles. The third-order valence-corrected chi connectivity index (χ3v) is 12.9. The predicted octanol–water partition coefficient (Wildman–Crippen LogP) is 15.3. The second-order valence-electron chi connectivity index (χ2n) is 14.3. The fourth-order valence-electron chi connectivity index (χ4n) is 7.76. The van der Waals surface area contributed by atoms with E-state index in [2.05, 4.69) is 157 Å². The highest BCUT2D eigenvalue weighted by Gasteiger charge is 2.19. The van der Waals surface area contributed by atoms with E-state index in [9.17, 15) is 4.79 Å². The summed E-state index contributed by atoms with van der Waals surface area (Å²) in [4.78, 5) is 17.4. The van der Waals surface area contributed by atoms with Gasteiger partial charge in [0, 0.05) is 31.2 Å². The van der Waals surface area contributed by atoms with Crippen molar-refractivity contribution in [2.75, 3.05) is 4.90 Å². The molecule has 2 nitrogen and oxygen atoms in total. The minimum atomic E-state index is 0.0597. The molecule has 10 rings (SSSR count). The van der Waals surface area contributed by atoms with Gasteiger partial charge in [0.25, 0.3) is 0 Å². The lowest BCUT2D eigenvalue weighted by Crippen LogP contribution is -2.08. The standard InChI is InChI=1S/C51H35NOS2/c1-32-23-36-12-6-9-15-39(36)29-46(32)51(53)33(2)22-34-16-17-42-27-44(20-18-40(42)24-34)52(45-21-19-41-25-37-13-7-8-14-38(37)26-43(41)28-45)50-31-49-48(55-50)30-47(54-49)35-10-4-3-5-11-35/h3-31H,1-2H3. The Morgan fingerprint density at radius 3 is 1.76 bits per heavy atom. The molecule has 0 N–H and O–H groups in total. The van der Waals surface area contributed by atoms with Crippen molar-refractivity contribution < 1.29 is 4.79 Å². The molecular formula is C51H35NOS2. The number of hydrogen-bond donors (Lipinski definition) is 0. The van der Waals surface area contributed by atoms with Crippen molar-refractivity contribution in [3.63, 3.8) is 0 Å². The smallest absolute Gasteiger partial charge is 0.189 e. The van der Waals surface area contributed by atoms with Gasteiger partial charge in [-0.1, -0.05) is 109 Å². The summed E-state index contributed by atoms with van der Waals surface area (Å²) in [7, 11) is 0. The van der Waals surface area contributed by atoms with Crippen LogP contribution < -0.4 is 4.90 Å². The van der Waals surface area contributed by atoms with Crippen LogP contribution in [-0.4, -0.2) is 5.78 Å². The lowest BCUT2D eigenvalue weighted by molar-refractivity contribution is 0.103.